The molecule has 2 aromatic heterocycles. The van der Waals surface area contributed by atoms with Crippen molar-refractivity contribution in [3.05, 3.63) is 37.3 Å². The first-order valence-electron chi connectivity index (χ1n) is 4.41. The second-order valence-corrected chi connectivity index (χ2v) is 2.82. The van der Waals surface area contributed by atoms with E-state index in [1.54, 1.807) is 18.7 Å². The van der Waals surface area contributed by atoms with Crippen molar-refractivity contribution in [3.63, 3.8) is 0 Å². The molecule has 5 nitrogen and oxygen atoms in total. The van der Waals surface area contributed by atoms with E-state index in [1.807, 2.05) is 16.8 Å². The van der Waals surface area contributed by atoms with Gasteiger partial charge in [-0.3, -0.25) is 0 Å². The summed E-state index contributed by atoms with van der Waals surface area (Å²) >= 11 is 0. The Kier molecular flexibility index (Phi) is 2.70. The van der Waals surface area contributed by atoms with E-state index in [2.05, 4.69) is 20.3 Å². The van der Waals surface area contributed by atoms with Crippen molar-refractivity contribution in [1.29, 1.82) is 0 Å². The smallest absolute Gasteiger partial charge is 0.129 e. The van der Waals surface area contributed by atoms with Crippen LogP contribution in [0.15, 0.2) is 37.3 Å². The van der Waals surface area contributed by atoms with E-state index in [-0.39, 0.29) is 0 Å². The summed E-state index contributed by atoms with van der Waals surface area (Å²) in [6.45, 7) is 1.71. The molecule has 2 aromatic rings. The number of rotatable bonds is 4. The Morgan fingerprint density at radius 3 is 3.00 bits per heavy atom. The van der Waals surface area contributed by atoms with Crippen LogP contribution in [0, 0.1) is 0 Å². The molecule has 0 atom stereocenters. The predicted octanol–water partition coefficient (Wildman–Crippen LogP) is 0.785. The standard InChI is InChI=1S/C9H11N5/c1-2-10-7-13-9(1)12-4-6-14-5-3-11-8-14/h1-3,5,7-8H,4,6H2,(H,10,12,13). The molecule has 0 aliphatic carbocycles. The van der Waals surface area contributed by atoms with Crippen molar-refractivity contribution in [2.45, 2.75) is 6.54 Å². The summed E-state index contributed by atoms with van der Waals surface area (Å²) in [5.41, 5.74) is 0. The molecule has 0 amide bonds. The van der Waals surface area contributed by atoms with E-state index in [9.17, 15) is 0 Å². The first-order valence-corrected chi connectivity index (χ1v) is 4.41. The normalized spacial score (nSPS) is 10.0. The number of anilines is 1. The number of hydrogen-bond acceptors (Lipinski definition) is 4. The molecule has 0 aromatic carbocycles. The highest BCUT2D eigenvalue weighted by atomic mass is 15.1. The number of imidazole rings is 1. The molecule has 0 saturated carbocycles. The van der Waals surface area contributed by atoms with Crippen molar-refractivity contribution in [1.82, 2.24) is 19.5 Å². The van der Waals surface area contributed by atoms with Gasteiger partial charge in [-0.15, -0.1) is 0 Å². The highest BCUT2D eigenvalue weighted by Crippen LogP contribution is 1.97. The van der Waals surface area contributed by atoms with Crippen LogP contribution in [0.5, 0.6) is 0 Å². The van der Waals surface area contributed by atoms with Gasteiger partial charge >= 0.3 is 0 Å². The Balaban J connectivity index is 1.79. The minimum atomic E-state index is 0.827. The number of nitrogens with one attached hydrogen (secondary N) is 1. The maximum atomic E-state index is 4.05. The maximum absolute atomic E-state index is 4.05. The average Bonchev–Trinajstić information content (AvgIpc) is 2.72. The summed E-state index contributed by atoms with van der Waals surface area (Å²) in [4.78, 5) is 11.8. The van der Waals surface area contributed by atoms with Crippen molar-refractivity contribution in [2.75, 3.05) is 11.9 Å². The Labute approximate surface area is 81.8 Å². The van der Waals surface area contributed by atoms with Crippen molar-refractivity contribution in [3.8, 4) is 0 Å². The van der Waals surface area contributed by atoms with Gasteiger partial charge in [-0.05, 0) is 6.07 Å². The molecule has 1 N–H and O–H groups in total. The van der Waals surface area contributed by atoms with Crippen LogP contribution in [0.4, 0.5) is 5.82 Å². The van der Waals surface area contributed by atoms with Crippen LogP contribution in [0.25, 0.3) is 0 Å². The van der Waals surface area contributed by atoms with E-state index >= 15 is 0 Å². The third-order valence-electron chi connectivity index (χ3n) is 1.82. The Hall–Kier alpha value is -1.91. The highest BCUT2D eigenvalue weighted by Gasteiger charge is 1.91. The largest absolute Gasteiger partial charge is 0.368 e. The lowest BCUT2D eigenvalue weighted by Gasteiger charge is -2.04. The summed E-state index contributed by atoms with van der Waals surface area (Å²) < 4.78 is 2.01. The first kappa shape index (κ1) is 8.68. The monoisotopic (exact) mass is 189 g/mol. The lowest BCUT2D eigenvalue weighted by atomic mass is 10.5. The van der Waals surface area contributed by atoms with Crippen LogP contribution >= 0.6 is 0 Å². The van der Waals surface area contributed by atoms with Gasteiger partial charge in [0, 0.05) is 31.7 Å². The van der Waals surface area contributed by atoms with Gasteiger partial charge in [-0.2, -0.15) is 0 Å². The van der Waals surface area contributed by atoms with Gasteiger partial charge in [-0.1, -0.05) is 0 Å². The van der Waals surface area contributed by atoms with E-state index in [1.165, 1.54) is 6.33 Å². The quantitative estimate of drug-likeness (QED) is 0.772. The molecule has 5 heteroatoms. The predicted molar refractivity (Wildman–Crippen MR) is 52.7 cm³/mol. The third kappa shape index (κ3) is 2.29. The molecule has 2 rings (SSSR count). The zero-order valence-corrected chi connectivity index (χ0v) is 7.67. The van der Waals surface area contributed by atoms with Crippen LogP contribution in [-0.4, -0.2) is 26.1 Å². The van der Waals surface area contributed by atoms with Gasteiger partial charge in [0.1, 0.15) is 12.1 Å². The molecule has 0 spiro atoms. The second kappa shape index (κ2) is 4.36. The van der Waals surface area contributed by atoms with Crippen molar-refractivity contribution >= 4 is 5.82 Å². The molecule has 0 bridgehead atoms. The fraction of sp³-hybridized carbons (Fsp3) is 0.222. The van der Waals surface area contributed by atoms with E-state index in [4.69, 9.17) is 0 Å². The minimum Gasteiger partial charge on any atom is -0.368 e. The van der Waals surface area contributed by atoms with Crippen molar-refractivity contribution in [2.24, 2.45) is 0 Å². The molecule has 0 saturated heterocycles. The molecule has 0 unspecified atom stereocenters. The molecule has 0 aliphatic rings. The summed E-state index contributed by atoms with van der Waals surface area (Å²) in [6.07, 6.45) is 8.74. The lowest BCUT2D eigenvalue weighted by molar-refractivity contribution is 0.725. The van der Waals surface area contributed by atoms with Gasteiger partial charge in [-0.25, -0.2) is 15.0 Å². The molecule has 0 radical (unpaired) electrons. The van der Waals surface area contributed by atoms with Gasteiger partial charge in [0.05, 0.1) is 6.33 Å². The molecule has 0 aliphatic heterocycles. The zero-order chi connectivity index (χ0) is 9.64. The molecule has 0 fully saturated rings. The zero-order valence-electron chi connectivity index (χ0n) is 7.67. The molecule has 2 heterocycles. The Morgan fingerprint density at radius 1 is 1.29 bits per heavy atom. The summed E-state index contributed by atoms with van der Waals surface area (Å²) in [5, 5.41) is 3.18. The molecular weight excluding hydrogens is 178 g/mol. The maximum Gasteiger partial charge on any atom is 0.129 e. The van der Waals surface area contributed by atoms with Crippen LogP contribution in [0.1, 0.15) is 0 Å². The molecule has 72 valence electrons. The Morgan fingerprint density at radius 2 is 2.29 bits per heavy atom. The minimum absolute atomic E-state index is 0.827. The lowest BCUT2D eigenvalue weighted by Crippen LogP contribution is -2.09. The topological polar surface area (TPSA) is 55.6 Å². The van der Waals surface area contributed by atoms with Gasteiger partial charge < -0.3 is 9.88 Å². The summed E-state index contributed by atoms with van der Waals surface area (Å²) in [5.74, 6) is 0.847. The molecular formula is C9H11N5. The van der Waals surface area contributed by atoms with Crippen LogP contribution < -0.4 is 5.32 Å². The fourth-order valence-corrected chi connectivity index (χ4v) is 1.13. The van der Waals surface area contributed by atoms with E-state index in [0.717, 1.165) is 18.9 Å². The summed E-state index contributed by atoms with van der Waals surface area (Å²) in [6, 6.07) is 1.84. The Bertz CT molecular complexity index is 356. The van der Waals surface area contributed by atoms with Gasteiger partial charge in [0.15, 0.2) is 0 Å². The first-order chi connectivity index (χ1) is 6.95. The number of nitrogens with zero attached hydrogens (tertiary/aromatic N) is 4. The summed E-state index contributed by atoms with van der Waals surface area (Å²) in [7, 11) is 0. The number of hydrogen-bond donors (Lipinski definition) is 1. The van der Waals surface area contributed by atoms with Crippen LogP contribution in [-0.2, 0) is 6.54 Å². The third-order valence-corrected chi connectivity index (χ3v) is 1.82. The number of aromatic nitrogens is 4. The van der Waals surface area contributed by atoms with E-state index in [0.29, 0.717) is 0 Å². The average molecular weight is 189 g/mol. The van der Waals surface area contributed by atoms with E-state index < -0.39 is 0 Å². The van der Waals surface area contributed by atoms with Gasteiger partial charge in [0.25, 0.3) is 0 Å². The van der Waals surface area contributed by atoms with Crippen LogP contribution in [0.3, 0.4) is 0 Å². The van der Waals surface area contributed by atoms with Crippen LogP contribution in [0.2, 0.25) is 0 Å². The van der Waals surface area contributed by atoms with Gasteiger partial charge in [0.2, 0.25) is 0 Å². The van der Waals surface area contributed by atoms with Crippen molar-refractivity contribution < 1.29 is 0 Å². The SMILES string of the molecule is c1cc(NCCn2ccnc2)ncn1. The highest BCUT2D eigenvalue weighted by molar-refractivity contribution is 5.31. The fourth-order valence-electron chi connectivity index (χ4n) is 1.13. The second-order valence-electron chi connectivity index (χ2n) is 2.82. The molecule has 14 heavy (non-hydrogen) atoms.